The van der Waals surface area contributed by atoms with Crippen LogP contribution in [0.5, 0.6) is 0 Å². The van der Waals surface area contributed by atoms with Gasteiger partial charge in [0.25, 0.3) is 0 Å². The fourth-order valence-corrected chi connectivity index (χ4v) is 7.43. The van der Waals surface area contributed by atoms with E-state index < -0.39 is 10.0 Å². The summed E-state index contributed by atoms with van der Waals surface area (Å²) in [6, 6.07) is 11.9. The van der Waals surface area contributed by atoms with Gasteiger partial charge in [0.2, 0.25) is 10.0 Å². The zero-order valence-corrected chi connectivity index (χ0v) is 19.2. The van der Waals surface area contributed by atoms with Gasteiger partial charge in [0.05, 0.1) is 5.69 Å². The van der Waals surface area contributed by atoms with E-state index in [0.29, 0.717) is 10.8 Å². The van der Waals surface area contributed by atoms with Gasteiger partial charge in [0, 0.05) is 34.2 Å². The summed E-state index contributed by atoms with van der Waals surface area (Å²) in [7, 11) is -3.34. The summed E-state index contributed by atoms with van der Waals surface area (Å²) in [6.07, 6.45) is 3.83. The third kappa shape index (κ3) is 5.21. The van der Waals surface area contributed by atoms with Gasteiger partial charge >= 0.3 is 0 Å². The van der Waals surface area contributed by atoms with Crippen LogP contribution in [-0.4, -0.2) is 32.2 Å². The third-order valence-electron chi connectivity index (χ3n) is 4.61. The SMILES string of the molecule is O=S(=O)(NCCCCCNc1nc2c(s1)CCSc1ccccc1-2)c1cccs1. The molecular formula is C20H23N3O2S4. The van der Waals surface area contributed by atoms with E-state index in [-0.39, 0.29) is 0 Å². The van der Waals surface area contributed by atoms with Gasteiger partial charge in [0.1, 0.15) is 4.21 Å². The lowest BCUT2D eigenvalue weighted by atomic mass is 10.1. The maximum atomic E-state index is 12.1. The molecule has 1 aliphatic heterocycles. The molecule has 0 amide bonds. The molecule has 4 rings (SSSR count). The number of sulfonamides is 1. The van der Waals surface area contributed by atoms with Crippen LogP contribution in [0.3, 0.4) is 0 Å². The number of nitrogens with one attached hydrogen (secondary N) is 2. The van der Waals surface area contributed by atoms with E-state index in [1.807, 2.05) is 11.8 Å². The summed E-state index contributed by atoms with van der Waals surface area (Å²) >= 11 is 4.90. The highest BCUT2D eigenvalue weighted by Gasteiger charge is 2.19. The van der Waals surface area contributed by atoms with Gasteiger partial charge in [-0.2, -0.15) is 0 Å². The van der Waals surface area contributed by atoms with Crippen LogP contribution in [0, 0.1) is 0 Å². The number of benzene rings is 1. The Morgan fingerprint density at radius 1 is 1.03 bits per heavy atom. The topological polar surface area (TPSA) is 71.1 Å². The predicted molar refractivity (Wildman–Crippen MR) is 124 cm³/mol. The smallest absolute Gasteiger partial charge is 0.250 e. The minimum atomic E-state index is -3.34. The minimum absolute atomic E-state index is 0.377. The van der Waals surface area contributed by atoms with Crippen LogP contribution in [0.15, 0.2) is 50.9 Å². The highest BCUT2D eigenvalue weighted by atomic mass is 32.2. The van der Waals surface area contributed by atoms with Gasteiger partial charge in [-0.15, -0.1) is 34.4 Å². The Balaban J connectivity index is 1.22. The Bertz CT molecular complexity index is 1050. The fourth-order valence-electron chi connectivity index (χ4n) is 3.17. The Labute approximate surface area is 184 Å². The van der Waals surface area contributed by atoms with Crippen LogP contribution in [0.1, 0.15) is 24.1 Å². The number of thiazole rings is 1. The molecule has 0 saturated heterocycles. The van der Waals surface area contributed by atoms with Crippen molar-refractivity contribution in [1.82, 2.24) is 9.71 Å². The second kappa shape index (κ2) is 9.61. The largest absolute Gasteiger partial charge is 0.361 e. The van der Waals surface area contributed by atoms with Gasteiger partial charge in [-0.05, 0) is 36.8 Å². The van der Waals surface area contributed by atoms with E-state index in [0.717, 1.165) is 48.8 Å². The molecule has 0 fully saturated rings. The molecule has 0 aliphatic carbocycles. The number of hydrogen-bond donors (Lipinski definition) is 2. The number of thiophene rings is 1. The zero-order valence-electron chi connectivity index (χ0n) is 15.9. The second-order valence-electron chi connectivity index (χ2n) is 6.70. The van der Waals surface area contributed by atoms with Gasteiger partial charge < -0.3 is 5.32 Å². The number of aryl methyl sites for hydroxylation is 1. The van der Waals surface area contributed by atoms with Crippen molar-refractivity contribution in [3.8, 4) is 11.3 Å². The first kappa shape index (κ1) is 20.9. The fraction of sp³-hybridized carbons (Fsp3) is 0.350. The Kier molecular flexibility index (Phi) is 6.92. The molecule has 3 heterocycles. The summed E-state index contributed by atoms with van der Waals surface area (Å²) in [5, 5.41) is 6.20. The number of nitrogens with zero attached hydrogens (tertiary/aromatic N) is 1. The number of fused-ring (bicyclic) bond motifs is 3. The molecule has 2 N–H and O–H groups in total. The lowest BCUT2D eigenvalue weighted by molar-refractivity contribution is 0.577. The molecule has 9 heteroatoms. The van der Waals surface area contributed by atoms with Crippen molar-refractivity contribution in [2.24, 2.45) is 0 Å². The monoisotopic (exact) mass is 465 g/mol. The molecule has 0 spiro atoms. The van der Waals surface area contributed by atoms with Crippen LogP contribution in [0.25, 0.3) is 11.3 Å². The van der Waals surface area contributed by atoms with Crippen molar-refractivity contribution in [2.45, 2.75) is 34.8 Å². The molecule has 0 radical (unpaired) electrons. The summed E-state index contributed by atoms with van der Waals surface area (Å²) in [6.45, 7) is 1.32. The quantitative estimate of drug-likeness (QED) is 0.431. The van der Waals surface area contributed by atoms with Crippen molar-refractivity contribution in [3.63, 3.8) is 0 Å². The highest BCUT2D eigenvalue weighted by molar-refractivity contribution is 7.99. The summed E-state index contributed by atoms with van der Waals surface area (Å²) in [5.74, 6) is 1.09. The molecule has 1 aromatic carbocycles. The highest BCUT2D eigenvalue weighted by Crippen LogP contribution is 2.40. The van der Waals surface area contributed by atoms with Crippen molar-refractivity contribution in [1.29, 1.82) is 0 Å². The van der Waals surface area contributed by atoms with Crippen molar-refractivity contribution in [2.75, 3.05) is 24.2 Å². The van der Waals surface area contributed by atoms with Crippen LogP contribution >= 0.6 is 34.4 Å². The van der Waals surface area contributed by atoms with Crippen LogP contribution in [0.4, 0.5) is 5.13 Å². The summed E-state index contributed by atoms with van der Waals surface area (Å²) in [5.41, 5.74) is 2.37. The van der Waals surface area contributed by atoms with E-state index >= 15 is 0 Å². The van der Waals surface area contributed by atoms with E-state index in [4.69, 9.17) is 4.98 Å². The van der Waals surface area contributed by atoms with Gasteiger partial charge in [-0.3, -0.25) is 0 Å². The lowest BCUT2D eigenvalue weighted by Crippen LogP contribution is -2.24. The number of rotatable bonds is 9. The molecular weight excluding hydrogens is 443 g/mol. The van der Waals surface area contributed by atoms with Crippen molar-refractivity contribution >= 4 is 49.6 Å². The molecule has 29 heavy (non-hydrogen) atoms. The first-order valence-corrected chi connectivity index (χ1v) is 13.8. The Hall–Kier alpha value is -1.39. The number of anilines is 1. The maximum Gasteiger partial charge on any atom is 0.250 e. The van der Waals surface area contributed by atoms with E-state index in [1.165, 1.54) is 26.7 Å². The molecule has 5 nitrogen and oxygen atoms in total. The molecule has 2 aromatic heterocycles. The van der Waals surface area contributed by atoms with Crippen molar-refractivity contribution < 1.29 is 8.42 Å². The molecule has 0 atom stereocenters. The van der Waals surface area contributed by atoms with Crippen LogP contribution in [0.2, 0.25) is 0 Å². The number of thioether (sulfide) groups is 1. The van der Waals surface area contributed by atoms with E-state index in [2.05, 4.69) is 34.3 Å². The standard InChI is InChI=1S/C20H23N3O2S4/c24-29(25,18-9-6-13-27-18)22-12-5-1-4-11-21-20-23-19-15-7-2-3-8-16(15)26-14-10-17(19)28-20/h2-3,6-9,13,22H,1,4-5,10-12,14H2,(H,21,23). The normalized spacial score (nSPS) is 13.5. The lowest BCUT2D eigenvalue weighted by Gasteiger charge is -2.06. The number of unbranched alkanes of at least 4 members (excludes halogenated alkanes) is 2. The molecule has 154 valence electrons. The molecule has 1 aliphatic rings. The average molecular weight is 466 g/mol. The molecule has 3 aromatic rings. The summed E-state index contributed by atoms with van der Waals surface area (Å²) in [4.78, 5) is 7.52. The van der Waals surface area contributed by atoms with E-state index in [9.17, 15) is 8.42 Å². The Morgan fingerprint density at radius 2 is 1.90 bits per heavy atom. The number of hydrogen-bond acceptors (Lipinski definition) is 7. The summed E-state index contributed by atoms with van der Waals surface area (Å²) < 4.78 is 27.2. The molecule has 0 unspecified atom stereocenters. The van der Waals surface area contributed by atoms with Gasteiger partial charge in [0.15, 0.2) is 5.13 Å². The third-order valence-corrected chi connectivity index (χ3v) is 9.61. The van der Waals surface area contributed by atoms with Crippen LogP contribution < -0.4 is 10.0 Å². The minimum Gasteiger partial charge on any atom is -0.361 e. The molecule has 0 bridgehead atoms. The van der Waals surface area contributed by atoms with Crippen LogP contribution in [-0.2, 0) is 16.4 Å². The number of aromatic nitrogens is 1. The van der Waals surface area contributed by atoms with Crippen molar-refractivity contribution in [3.05, 3.63) is 46.7 Å². The Morgan fingerprint density at radius 3 is 2.76 bits per heavy atom. The van der Waals surface area contributed by atoms with E-state index in [1.54, 1.807) is 28.8 Å². The molecule has 0 saturated carbocycles. The predicted octanol–water partition coefficient (Wildman–Crippen LogP) is 5.08. The average Bonchev–Trinajstić information content (AvgIpc) is 3.36. The zero-order chi connectivity index (χ0) is 20.1. The maximum absolute atomic E-state index is 12.1. The van der Waals surface area contributed by atoms with Gasteiger partial charge in [-0.25, -0.2) is 18.1 Å². The van der Waals surface area contributed by atoms with Gasteiger partial charge in [-0.1, -0.05) is 30.7 Å². The first-order chi connectivity index (χ1) is 14.1. The second-order valence-corrected chi connectivity index (χ2v) is 11.9. The first-order valence-electron chi connectivity index (χ1n) is 9.62.